The minimum Gasteiger partial charge on any atom is -0.462 e. The summed E-state index contributed by atoms with van der Waals surface area (Å²) in [4.78, 5) is 27.3. The van der Waals surface area contributed by atoms with Crippen molar-refractivity contribution in [1.82, 2.24) is 0 Å². The van der Waals surface area contributed by atoms with Crippen LogP contribution in [0.2, 0.25) is 0 Å². The molecular formula is C25H33NO6S. The highest BCUT2D eigenvalue weighted by atomic mass is 32.1. The number of hydrogen-bond acceptors (Lipinski definition) is 7. The molecule has 33 heavy (non-hydrogen) atoms. The van der Waals surface area contributed by atoms with Crippen molar-refractivity contribution in [1.29, 1.82) is 0 Å². The molecule has 1 aliphatic rings. The van der Waals surface area contributed by atoms with Gasteiger partial charge in [0.2, 0.25) is 0 Å². The first-order chi connectivity index (χ1) is 16.0. The molecular weight excluding hydrogens is 442 g/mol. The summed E-state index contributed by atoms with van der Waals surface area (Å²) in [6.45, 7) is 5.40. The zero-order valence-corrected chi connectivity index (χ0v) is 20.1. The van der Waals surface area contributed by atoms with Crippen LogP contribution in [-0.2, 0) is 20.8 Å². The van der Waals surface area contributed by atoms with E-state index in [2.05, 4.69) is 6.92 Å². The number of thiophene rings is 1. The lowest BCUT2D eigenvalue weighted by Gasteiger charge is -2.22. The number of cyclic esters (lactones) is 1. The number of benzene rings is 1. The van der Waals surface area contributed by atoms with Gasteiger partial charge in [-0.3, -0.25) is 4.90 Å². The molecule has 3 rings (SSSR count). The van der Waals surface area contributed by atoms with E-state index in [-0.39, 0.29) is 18.6 Å². The molecule has 1 aromatic carbocycles. The largest absolute Gasteiger partial charge is 0.462 e. The molecule has 2 atom stereocenters. The molecule has 1 saturated heterocycles. The predicted molar refractivity (Wildman–Crippen MR) is 128 cm³/mol. The van der Waals surface area contributed by atoms with Crippen LogP contribution < -0.4 is 4.90 Å². The fourth-order valence-electron chi connectivity index (χ4n) is 3.64. The van der Waals surface area contributed by atoms with Gasteiger partial charge in [-0.05, 0) is 42.7 Å². The highest BCUT2D eigenvalue weighted by Gasteiger charge is 2.34. The van der Waals surface area contributed by atoms with Crippen molar-refractivity contribution < 1.29 is 28.9 Å². The highest BCUT2D eigenvalue weighted by Crippen LogP contribution is 2.27. The van der Waals surface area contributed by atoms with Gasteiger partial charge in [0, 0.05) is 10.6 Å². The van der Waals surface area contributed by atoms with Crippen molar-refractivity contribution in [3.8, 4) is 0 Å². The summed E-state index contributed by atoms with van der Waals surface area (Å²) in [5.74, 6) is -0.312. The van der Waals surface area contributed by atoms with E-state index in [0.717, 1.165) is 42.5 Å². The average molecular weight is 476 g/mol. The number of aliphatic hydroxyl groups excluding tert-OH is 1. The van der Waals surface area contributed by atoms with E-state index < -0.39 is 12.2 Å². The van der Waals surface area contributed by atoms with Crippen molar-refractivity contribution in [2.75, 3.05) is 24.7 Å². The molecule has 1 fully saturated rings. The van der Waals surface area contributed by atoms with Gasteiger partial charge in [-0.2, -0.15) is 0 Å². The number of nitrogens with zero attached hydrogens (tertiary/aromatic N) is 1. The summed E-state index contributed by atoms with van der Waals surface area (Å²) >= 11 is 1.35. The summed E-state index contributed by atoms with van der Waals surface area (Å²) < 4.78 is 16.2. The fourth-order valence-corrected chi connectivity index (χ4v) is 4.48. The first kappa shape index (κ1) is 25.2. The maximum Gasteiger partial charge on any atom is 0.414 e. The molecule has 2 heterocycles. The lowest BCUT2D eigenvalue weighted by molar-refractivity contribution is 0.0511. The van der Waals surface area contributed by atoms with Gasteiger partial charge in [-0.15, -0.1) is 11.3 Å². The Morgan fingerprint density at radius 3 is 2.70 bits per heavy atom. The Balaban J connectivity index is 1.53. The molecule has 1 N–H and O–H groups in total. The molecule has 0 spiro atoms. The van der Waals surface area contributed by atoms with E-state index in [1.807, 2.05) is 37.3 Å². The van der Waals surface area contributed by atoms with Crippen LogP contribution in [0.1, 0.15) is 72.2 Å². The van der Waals surface area contributed by atoms with Crippen molar-refractivity contribution >= 4 is 29.1 Å². The summed E-state index contributed by atoms with van der Waals surface area (Å²) in [6.07, 6.45) is 3.83. The summed E-state index contributed by atoms with van der Waals surface area (Å²) in [7, 11) is 0. The predicted octanol–water partition coefficient (Wildman–Crippen LogP) is 5.47. The molecule has 1 amide bonds. The van der Waals surface area contributed by atoms with E-state index in [1.54, 1.807) is 11.0 Å². The van der Waals surface area contributed by atoms with Crippen LogP contribution in [0.4, 0.5) is 10.5 Å². The van der Waals surface area contributed by atoms with Gasteiger partial charge < -0.3 is 19.3 Å². The molecule has 1 aromatic heterocycles. The van der Waals surface area contributed by atoms with Gasteiger partial charge in [0.05, 0.1) is 32.0 Å². The molecule has 0 bridgehead atoms. The second-order valence-electron chi connectivity index (χ2n) is 8.12. The maximum atomic E-state index is 12.3. The van der Waals surface area contributed by atoms with Crippen molar-refractivity contribution in [3.05, 3.63) is 51.7 Å². The molecule has 0 radical (unpaired) electrons. The second-order valence-corrected chi connectivity index (χ2v) is 9.29. The standard InChI is InChI=1S/C25H33NO6S/c1-3-5-6-7-22(27)18-8-10-19(11-9-18)26-20(16-32-25(26)29)15-30-17-21-12-13-23(33-21)24(28)31-14-4-2/h8-13,20,22,27H,3-7,14-17H2,1-2H3/t20-,22?/m0/s1. The van der Waals surface area contributed by atoms with Crippen LogP contribution in [0.15, 0.2) is 36.4 Å². The third kappa shape index (κ3) is 7.03. The number of rotatable bonds is 13. The summed E-state index contributed by atoms with van der Waals surface area (Å²) in [5.41, 5.74) is 1.56. The Morgan fingerprint density at radius 2 is 1.97 bits per heavy atom. The Kier molecular flexibility index (Phi) is 9.72. The van der Waals surface area contributed by atoms with E-state index in [9.17, 15) is 14.7 Å². The number of carbonyl (C=O) groups is 2. The third-order valence-electron chi connectivity index (χ3n) is 5.45. The zero-order valence-electron chi connectivity index (χ0n) is 19.3. The molecule has 0 saturated carbocycles. The van der Waals surface area contributed by atoms with Crippen LogP contribution >= 0.6 is 11.3 Å². The Morgan fingerprint density at radius 1 is 1.18 bits per heavy atom. The Hall–Kier alpha value is -2.42. The van der Waals surface area contributed by atoms with Gasteiger partial charge >= 0.3 is 12.1 Å². The smallest absolute Gasteiger partial charge is 0.414 e. The number of esters is 1. The Bertz CT molecular complexity index is 897. The number of amides is 1. The number of ether oxygens (including phenoxy) is 3. The number of hydrogen-bond donors (Lipinski definition) is 1. The minimum atomic E-state index is -0.495. The first-order valence-corrected chi connectivity index (χ1v) is 12.4. The van der Waals surface area contributed by atoms with Gasteiger partial charge in [-0.1, -0.05) is 45.2 Å². The lowest BCUT2D eigenvalue weighted by Crippen LogP contribution is -2.36. The van der Waals surface area contributed by atoms with E-state index >= 15 is 0 Å². The van der Waals surface area contributed by atoms with E-state index in [4.69, 9.17) is 14.2 Å². The monoisotopic (exact) mass is 475 g/mol. The third-order valence-corrected chi connectivity index (χ3v) is 6.49. The van der Waals surface area contributed by atoms with Crippen molar-refractivity contribution in [2.45, 2.75) is 64.7 Å². The molecule has 180 valence electrons. The van der Waals surface area contributed by atoms with Crippen LogP contribution in [0.3, 0.4) is 0 Å². The molecule has 7 nitrogen and oxygen atoms in total. The van der Waals surface area contributed by atoms with Gasteiger partial charge in [0.1, 0.15) is 11.5 Å². The normalized spacial score (nSPS) is 16.6. The Labute approximate surface area is 199 Å². The highest BCUT2D eigenvalue weighted by molar-refractivity contribution is 7.13. The van der Waals surface area contributed by atoms with Gasteiger partial charge in [0.25, 0.3) is 0 Å². The lowest BCUT2D eigenvalue weighted by atomic mass is 10.0. The summed E-state index contributed by atoms with van der Waals surface area (Å²) in [6, 6.07) is 10.8. The van der Waals surface area contributed by atoms with Crippen LogP contribution in [-0.4, -0.2) is 43.0 Å². The van der Waals surface area contributed by atoms with Crippen LogP contribution in [0.5, 0.6) is 0 Å². The van der Waals surface area contributed by atoms with Gasteiger partial charge in [-0.25, -0.2) is 9.59 Å². The molecule has 1 aliphatic heterocycles. The maximum absolute atomic E-state index is 12.3. The van der Waals surface area contributed by atoms with E-state index in [1.165, 1.54) is 11.3 Å². The average Bonchev–Trinajstić information content (AvgIpc) is 3.44. The second kappa shape index (κ2) is 12.7. The van der Waals surface area contributed by atoms with Crippen LogP contribution in [0.25, 0.3) is 0 Å². The van der Waals surface area contributed by atoms with Crippen LogP contribution in [0, 0.1) is 0 Å². The molecule has 1 unspecified atom stereocenters. The number of aliphatic hydroxyl groups is 1. The SMILES string of the molecule is CCCCCC(O)c1ccc(N2C(=O)OC[C@@H]2COCc2ccc(C(=O)OCCC)s2)cc1. The quantitative estimate of drug-likeness (QED) is 0.305. The minimum absolute atomic E-state index is 0.244. The fraction of sp³-hybridized carbons (Fsp3) is 0.520. The topological polar surface area (TPSA) is 85.3 Å². The van der Waals surface area contributed by atoms with Crippen molar-refractivity contribution in [2.24, 2.45) is 0 Å². The first-order valence-electron chi connectivity index (χ1n) is 11.6. The number of anilines is 1. The van der Waals surface area contributed by atoms with Gasteiger partial charge in [0.15, 0.2) is 0 Å². The number of unbranched alkanes of at least 4 members (excludes halogenated alkanes) is 2. The zero-order chi connectivity index (χ0) is 23.6. The summed E-state index contributed by atoms with van der Waals surface area (Å²) in [5, 5.41) is 10.4. The molecule has 0 aliphatic carbocycles. The van der Waals surface area contributed by atoms with Crippen molar-refractivity contribution in [3.63, 3.8) is 0 Å². The number of carbonyl (C=O) groups excluding carboxylic acids is 2. The molecule has 2 aromatic rings. The van der Waals surface area contributed by atoms with E-state index in [0.29, 0.717) is 30.4 Å². The molecule has 8 heteroatoms.